The minimum absolute atomic E-state index is 0.110. The standard InChI is InChI=1S/C22H32O6/c1-5-26-17-15-20(3,4)9-8-14(23)22(15)13-7-6-12-10-21(13,16(24)11(12)2)18(25)28-19(22)27-17/h12-17,19,23-24H,2,5-10H2,1,3-4H3/t12-,13-,14+,15-,16-,17-,19+,21+,22+/m1/s1. The van der Waals surface area contributed by atoms with Crippen molar-refractivity contribution in [3.63, 3.8) is 0 Å². The Hall–Kier alpha value is -0.950. The SMILES string of the molecule is C=C1[C@@H]2CC[C@@H]3[C@](C2)(C(=O)O[C@@H]2O[C@@H](OCC)[C@@H]4C(C)(C)CC[C@H](O)[C@]243)[C@@H]1O. The first-order valence-corrected chi connectivity index (χ1v) is 10.7. The van der Waals surface area contributed by atoms with E-state index in [1.165, 1.54) is 0 Å². The minimum Gasteiger partial charge on any atom is -0.434 e. The summed E-state index contributed by atoms with van der Waals surface area (Å²) < 4.78 is 18.1. The van der Waals surface area contributed by atoms with Gasteiger partial charge in [-0.25, -0.2) is 0 Å². The maximum Gasteiger partial charge on any atom is 0.317 e. The molecule has 6 nitrogen and oxygen atoms in total. The summed E-state index contributed by atoms with van der Waals surface area (Å²) >= 11 is 0. The lowest BCUT2D eigenvalue weighted by Gasteiger charge is -2.62. The fourth-order valence-electron chi connectivity index (χ4n) is 7.76. The highest BCUT2D eigenvalue weighted by Crippen LogP contribution is 2.73. The normalized spacial score (nSPS) is 54.0. The van der Waals surface area contributed by atoms with E-state index in [1.54, 1.807) is 0 Å². The van der Waals surface area contributed by atoms with Crippen LogP contribution in [0.25, 0.3) is 0 Å². The summed E-state index contributed by atoms with van der Waals surface area (Å²) in [5, 5.41) is 22.6. The maximum absolute atomic E-state index is 13.3. The van der Waals surface area contributed by atoms with Crippen LogP contribution in [-0.4, -0.2) is 47.6 Å². The second-order valence-electron chi connectivity index (χ2n) is 10.3. The molecule has 0 aromatic rings. The molecule has 0 radical (unpaired) electrons. The molecule has 28 heavy (non-hydrogen) atoms. The molecule has 0 aromatic carbocycles. The first kappa shape index (κ1) is 19.0. The molecule has 3 aliphatic carbocycles. The van der Waals surface area contributed by atoms with Crippen LogP contribution in [0.4, 0.5) is 0 Å². The predicted octanol–water partition coefficient (Wildman–Crippen LogP) is 2.38. The summed E-state index contributed by atoms with van der Waals surface area (Å²) in [7, 11) is 0. The third kappa shape index (κ3) is 1.96. The molecule has 0 amide bonds. The van der Waals surface area contributed by atoms with Crippen molar-refractivity contribution >= 4 is 5.97 Å². The Morgan fingerprint density at radius 2 is 2.00 bits per heavy atom. The zero-order valence-electron chi connectivity index (χ0n) is 17.0. The van der Waals surface area contributed by atoms with Gasteiger partial charge >= 0.3 is 5.97 Å². The number of aliphatic hydroxyl groups is 2. The van der Waals surface area contributed by atoms with Gasteiger partial charge in [0.1, 0.15) is 5.41 Å². The van der Waals surface area contributed by atoms with Crippen molar-refractivity contribution in [3.05, 3.63) is 12.2 Å². The highest BCUT2D eigenvalue weighted by atomic mass is 16.8. The second-order valence-corrected chi connectivity index (χ2v) is 10.3. The molecule has 2 bridgehead atoms. The molecule has 0 unspecified atom stereocenters. The molecule has 2 spiro atoms. The fourth-order valence-corrected chi connectivity index (χ4v) is 7.76. The van der Waals surface area contributed by atoms with E-state index in [1.807, 2.05) is 6.92 Å². The zero-order valence-corrected chi connectivity index (χ0v) is 17.0. The third-order valence-corrected chi connectivity index (χ3v) is 8.86. The lowest BCUT2D eigenvalue weighted by atomic mass is 9.43. The average molecular weight is 392 g/mol. The number of rotatable bonds is 2. The summed E-state index contributed by atoms with van der Waals surface area (Å²) in [5.74, 6) is -0.567. The minimum atomic E-state index is -1.02. The fraction of sp³-hybridized carbons (Fsp3) is 0.864. The smallest absolute Gasteiger partial charge is 0.317 e. The van der Waals surface area contributed by atoms with Crippen LogP contribution in [0.1, 0.15) is 52.9 Å². The van der Waals surface area contributed by atoms with Gasteiger partial charge in [-0.05, 0) is 61.9 Å². The van der Waals surface area contributed by atoms with Crippen LogP contribution in [0.2, 0.25) is 0 Å². The summed E-state index contributed by atoms with van der Waals surface area (Å²) in [6.07, 6.45) is 0.752. The van der Waals surface area contributed by atoms with Crippen LogP contribution in [0.15, 0.2) is 12.2 Å². The topological polar surface area (TPSA) is 85.2 Å². The van der Waals surface area contributed by atoms with Gasteiger partial charge in [0.25, 0.3) is 0 Å². The number of esters is 1. The monoisotopic (exact) mass is 392 g/mol. The van der Waals surface area contributed by atoms with Gasteiger partial charge in [0.15, 0.2) is 6.29 Å². The van der Waals surface area contributed by atoms with Crippen molar-refractivity contribution in [1.82, 2.24) is 0 Å². The van der Waals surface area contributed by atoms with Crippen LogP contribution in [0.5, 0.6) is 0 Å². The van der Waals surface area contributed by atoms with Gasteiger partial charge in [-0.2, -0.15) is 0 Å². The molecular weight excluding hydrogens is 360 g/mol. The summed E-state index contributed by atoms with van der Waals surface area (Å²) in [5.41, 5.74) is -1.17. The third-order valence-electron chi connectivity index (χ3n) is 8.86. The van der Waals surface area contributed by atoms with E-state index in [2.05, 4.69) is 20.4 Å². The number of hydrogen-bond acceptors (Lipinski definition) is 6. The molecule has 6 heteroatoms. The van der Waals surface area contributed by atoms with Crippen LogP contribution < -0.4 is 0 Å². The van der Waals surface area contributed by atoms with Crippen molar-refractivity contribution in [3.8, 4) is 0 Å². The van der Waals surface area contributed by atoms with Gasteiger partial charge < -0.3 is 24.4 Å². The van der Waals surface area contributed by atoms with Crippen molar-refractivity contribution < 1.29 is 29.2 Å². The lowest BCUT2D eigenvalue weighted by molar-refractivity contribution is -0.289. The van der Waals surface area contributed by atoms with E-state index >= 15 is 0 Å². The van der Waals surface area contributed by atoms with E-state index in [4.69, 9.17) is 14.2 Å². The van der Waals surface area contributed by atoms with Gasteiger partial charge in [0.2, 0.25) is 6.29 Å². The summed E-state index contributed by atoms with van der Waals surface area (Å²) in [4.78, 5) is 13.3. The molecule has 5 rings (SSSR count). The predicted molar refractivity (Wildman–Crippen MR) is 99.7 cm³/mol. The Balaban J connectivity index is 1.71. The zero-order chi connectivity index (χ0) is 20.1. The van der Waals surface area contributed by atoms with Crippen LogP contribution in [0, 0.1) is 34.0 Å². The molecule has 3 saturated carbocycles. The van der Waals surface area contributed by atoms with Crippen molar-refractivity contribution in [2.24, 2.45) is 34.0 Å². The van der Waals surface area contributed by atoms with Crippen molar-refractivity contribution in [2.45, 2.75) is 77.7 Å². The summed E-state index contributed by atoms with van der Waals surface area (Å²) in [6.45, 7) is 10.9. The van der Waals surface area contributed by atoms with E-state index < -0.39 is 41.6 Å². The van der Waals surface area contributed by atoms with E-state index in [9.17, 15) is 15.0 Å². The van der Waals surface area contributed by atoms with Gasteiger partial charge in [-0.1, -0.05) is 20.4 Å². The number of fused-ring (bicyclic) bond motifs is 1. The van der Waals surface area contributed by atoms with Gasteiger partial charge in [0.05, 0.1) is 17.6 Å². The van der Waals surface area contributed by atoms with Crippen LogP contribution in [-0.2, 0) is 19.0 Å². The van der Waals surface area contributed by atoms with Gasteiger partial charge in [-0.3, -0.25) is 4.79 Å². The van der Waals surface area contributed by atoms with Gasteiger partial charge in [0, 0.05) is 12.5 Å². The Morgan fingerprint density at radius 3 is 2.71 bits per heavy atom. The number of carbonyl (C=O) groups excluding carboxylic acids is 1. The Bertz CT molecular complexity index is 718. The molecule has 2 heterocycles. The van der Waals surface area contributed by atoms with Crippen molar-refractivity contribution in [1.29, 1.82) is 0 Å². The maximum atomic E-state index is 13.3. The number of hydrogen-bond donors (Lipinski definition) is 2. The largest absolute Gasteiger partial charge is 0.434 e. The quantitative estimate of drug-likeness (QED) is 0.554. The van der Waals surface area contributed by atoms with E-state index in [-0.39, 0.29) is 23.2 Å². The number of aliphatic hydroxyl groups excluding tert-OH is 2. The average Bonchev–Trinajstić information content (AvgIpc) is 3.08. The summed E-state index contributed by atoms with van der Waals surface area (Å²) in [6, 6.07) is 0. The molecule has 156 valence electrons. The first-order chi connectivity index (χ1) is 13.2. The molecule has 2 N–H and O–H groups in total. The Morgan fingerprint density at radius 1 is 1.25 bits per heavy atom. The van der Waals surface area contributed by atoms with Crippen molar-refractivity contribution in [2.75, 3.05) is 6.61 Å². The molecule has 2 saturated heterocycles. The highest BCUT2D eigenvalue weighted by Gasteiger charge is 2.80. The van der Waals surface area contributed by atoms with Gasteiger partial charge in [-0.15, -0.1) is 0 Å². The van der Waals surface area contributed by atoms with Crippen LogP contribution >= 0.6 is 0 Å². The lowest BCUT2D eigenvalue weighted by Crippen LogP contribution is -2.69. The van der Waals surface area contributed by atoms with Crippen LogP contribution in [0.3, 0.4) is 0 Å². The Labute approximate surface area is 166 Å². The second kappa shape index (κ2) is 5.81. The molecule has 0 aromatic heterocycles. The van der Waals surface area contributed by atoms with E-state index in [0.717, 1.165) is 24.8 Å². The number of ether oxygens (including phenoxy) is 3. The molecule has 9 atom stereocenters. The molecule has 5 fully saturated rings. The van der Waals surface area contributed by atoms with E-state index in [0.29, 0.717) is 19.4 Å². The first-order valence-electron chi connectivity index (χ1n) is 10.7. The molecule has 5 aliphatic rings. The number of carbonyl (C=O) groups is 1. The molecule has 2 aliphatic heterocycles. The Kier molecular flexibility index (Phi) is 3.95. The molecular formula is C22H32O6. The highest BCUT2D eigenvalue weighted by molar-refractivity contribution is 5.81.